The molecule has 0 spiro atoms. The van der Waals surface area contributed by atoms with Crippen LogP contribution in [0, 0.1) is 6.92 Å². The molecule has 0 radical (unpaired) electrons. The smallest absolute Gasteiger partial charge is 0.265 e. The molecule has 1 aliphatic heterocycles. The van der Waals surface area contributed by atoms with Crippen LogP contribution in [-0.2, 0) is 4.79 Å². The second kappa shape index (κ2) is 8.04. The van der Waals surface area contributed by atoms with E-state index in [9.17, 15) is 9.59 Å². The standard InChI is InChI=1S/C21H24N2O3/c1-15-9-3-6-12-19(15)26-16(2)20(24)22-18-11-5-4-10-17(18)21(25)23-13-7-8-14-23/h3-6,9-12,16H,7-8,13-14H2,1-2H3,(H,22,24). The van der Waals surface area contributed by atoms with E-state index < -0.39 is 6.10 Å². The van der Waals surface area contributed by atoms with Gasteiger partial charge in [0.05, 0.1) is 11.3 Å². The molecule has 1 atom stereocenters. The van der Waals surface area contributed by atoms with Crippen LogP contribution in [0.15, 0.2) is 48.5 Å². The van der Waals surface area contributed by atoms with Crippen LogP contribution in [-0.4, -0.2) is 35.9 Å². The average molecular weight is 352 g/mol. The van der Waals surface area contributed by atoms with Crippen molar-refractivity contribution in [2.75, 3.05) is 18.4 Å². The number of hydrogen-bond acceptors (Lipinski definition) is 3. The molecule has 2 aromatic rings. The van der Waals surface area contributed by atoms with Gasteiger partial charge >= 0.3 is 0 Å². The number of benzene rings is 2. The SMILES string of the molecule is Cc1ccccc1OC(C)C(=O)Nc1ccccc1C(=O)N1CCCC1. The topological polar surface area (TPSA) is 58.6 Å². The van der Waals surface area contributed by atoms with Gasteiger partial charge in [-0.25, -0.2) is 0 Å². The summed E-state index contributed by atoms with van der Waals surface area (Å²) in [5, 5.41) is 2.84. The number of nitrogens with zero attached hydrogens (tertiary/aromatic N) is 1. The second-order valence-corrected chi connectivity index (χ2v) is 6.56. The molecule has 0 saturated carbocycles. The van der Waals surface area contributed by atoms with E-state index in [-0.39, 0.29) is 11.8 Å². The van der Waals surface area contributed by atoms with E-state index in [1.807, 2.05) is 48.2 Å². The summed E-state index contributed by atoms with van der Waals surface area (Å²) >= 11 is 0. The number of carbonyl (C=O) groups is 2. The number of aryl methyl sites for hydroxylation is 1. The van der Waals surface area contributed by atoms with Gasteiger partial charge in [-0.15, -0.1) is 0 Å². The van der Waals surface area contributed by atoms with E-state index in [1.165, 1.54) is 0 Å². The fraction of sp³-hybridized carbons (Fsp3) is 0.333. The molecule has 1 fully saturated rings. The highest BCUT2D eigenvalue weighted by atomic mass is 16.5. The van der Waals surface area contributed by atoms with Gasteiger partial charge in [0.2, 0.25) is 0 Å². The lowest BCUT2D eigenvalue weighted by Gasteiger charge is -2.20. The molecule has 1 N–H and O–H groups in total. The summed E-state index contributed by atoms with van der Waals surface area (Å²) in [5.74, 6) is 0.359. The van der Waals surface area contributed by atoms with E-state index in [4.69, 9.17) is 4.74 Å². The van der Waals surface area contributed by atoms with Gasteiger partial charge in [-0.2, -0.15) is 0 Å². The van der Waals surface area contributed by atoms with E-state index in [2.05, 4.69) is 5.32 Å². The lowest BCUT2D eigenvalue weighted by Crippen LogP contribution is -2.32. The number of anilines is 1. The fourth-order valence-corrected chi connectivity index (χ4v) is 3.04. The first-order valence-electron chi connectivity index (χ1n) is 8.97. The molecule has 26 heavy (non-hydrogen) atoms. The van der Waals surface area contributed by atoms with Gasteiger partial charge < -0.3 is 15.0 Å². The highest BCUT2D eigenvalue weighted by Crippen LogP contribution is 2.22. The van der Waals surface area contributed by atoms with Gasteiger partial charge in [0.1, 0.15) is 5.75 Å². The van der Waals surface area contributed by atoms with Crippen LogP contribution in [0.25, 0.3) is 0 Å². The third kappa shape index (κ3) is 4.04. The van der Waals surface area contributed by atoms with Crippen molar-refractivity contribution < 1.29 is 14.3 Å². The molecule has 5 heteroatoms. The number of ether oxygens (including phenoxy) is 1. The quantitative estimate of drug-likeness (QED) is 0.894. The molecule has 1 heterocycles. The normalized spacial score (nSPS) is 14.8. The van der Waals surface area contributed by atoms with Gasteiger partial charge in [0.25, 0.3) is 11.8 Å². The predicted octanol–water partition coefficient (Wildman–Crippen LogP) is 3.64. The van der Waals surface area contributed by atoms with Crippen molar-refractivity contribution >= 4 is 17.5 Å². The molecule has 3 rings (SSSR count). The number of hydrogen-bond donors (Lipinski definition) is 1. The molecular formula is C21H24N2O3. The Hall–Kier alpha value is -2.82. The van der Waals surface area contributed by atoms with Crippen molar-refractivity contribution in [2.24, 2.45) is 0 Å². The van der Waals surface area contributed by atoms with Crippen LogP contribution in [0.1, 0.15) is 35.7 Å². The summed E-state index contributed by atoms with van der Waals surface area (Å²) in [4.78, 5) is 27.1. The molecule has 1 aliphatic rings. The van der Waals surface area contributed by atoms with E-state index in [0.717, 1.165) is 31.5 Å². The number of rotatable bonds is 5. The fourth-order valence-electron chi connectivity index (χ4n) is 3.04. The largest absolute Gasteiger partial charge is 0.481 e. The van der Waals surface area contributed by atoms with Crippen molar-refractivity contribution in [1.82, 2.24) is 4.90 Å². The first-order chi connectivity index (χ1) is 12.6. The van der Waals surface area contributed by atoms with E-state index >= 15 is 0 Å². The molecule has 0 bridgehead atoms. The number of likely N-dealkylation sites (tertiary alicyclic amines) is 1. The first kappa shape index (κ1) is 18.0. The van der Waals surface area contributed by atoms with Crippen LogP contribution in [0.3, 0.4) is 0 Å². The number of nitrogens with one attached hydrogen (secondary N) is 1. The predicted molar refractivity (Wildman–Crippen MR) is 101 cm³/mol. The summed E-state index contributed by atoms with van der Waals surface area (Å²) in [7, 11) is 0. The third-order valence-electron chi connectivity index (χ3n) is 4.58. The van der Waals surface area contributed by atoms with Gasteiger partial charge in [-0.1, -0.05) is 30.3 Å². The number of para-hydroxylation sites is 2. The summed E-state index contributed by atoms with van der Waals surface area (Å²) in [6.07, 6.45) is 1.38. The minimum absolute atomic E-state index is 0.0362. The Kier molecular flexibility index (Phi) is 5.56. The maximum absolute atomic E-state index is 12.7. The highest BCUT2D eigenvalue weighted by Gasteiger charge is 2.23. The Morgan fingerprint density at radius 1 is 1.04 bits per heavy atom. The maximum atomic E-state index is 12.7. The molecule has 5 nitrogen and oxygen atoms in total. The van der Waals surface area contributed by atoms with Gasteiger partial charge in [-0.3, -0.25) is 9.59 Å². The first-order valence-corrected chi connectivity index (χ1v) is 8.97. The Labute approximate surface area is 154 Å². The summed E-state index contributed by atoms with van der Waals surface area (Å²) < 4.78 is 5.77. The van der Waals surface area contributed by atoms with Crippen LogP contribution < -0.4 is 10.1 Å². The molecule has 136 valence electrons. The summed E-state index contributed by atoms with van der Waals surface area (Å²) in [6.45, 7) is 5.18. The second-order valence-electron chi connectivity index (χ2n) is 6.56. The third-order valence-corrected chi connectivity index (χ3v) is 4.58. The summed E-state index contributed by atoms with van der Waals surface area (Å²) in [5.41, 5.74) is 2.01. The molecule has 0 aliphatic carbocycles. The zero-order valence-electron chi connectivity index (χ0n) is 15.2. The van der Waals surface area contributed by atoms with Crippen molar-refractivity contribution in [2.45, 2.75) is 32.8 Å². The summed E-state index contributed by atoms with van der Waals surface area (Å²) in [6, 6.07) is 14.7. The average Bonchev–Trinajstić information content (AvgIpc) is 3.18. The highest BCUT2D eigenvalue weighted by molar-refractivity contribution is 6.04. The molecule has 1 saturated heterocycles. The van der Waals surface area contributed by atoms with Crippen LogP contribution >= 0.6 is 0 Å². The number of carbonyl (C=O) groups excluding carboxylic acids is 2. The lowest BCUT2D eigenvalue weighted by molar-refractivity contribution is -0.122. The minimum Gasteiger partial charge on any atom is -0.481 e. The zero-order chi connectivity index (χ0) is 18.5. The van der Waals surface area contributed by atoms with Crippen LogP contribution in [0.2, 0.25) is 0 Å². The van der Waals surface area contributed by atoms with E-state index in [0.29, 0.717) is 17.0 Å². The molecular weight excluding hydrogens is 328 g/mol. The van der Waals surface area contributed by atoms with Crippen LogP contribution in [0.5, 0.6) is 5.75 Å². The lowest BCUT2D eigenvalue weighted by atomic mass is 10.1. The molecule has 1 unspecified atom stereocenters. The Bertz CT molecular complexity index is 797. The van der Waals surface area contributed by atoms with Crippen molar-refractivity contribution in [3.8, 4) is 5.75 Å². The van der Waals surface area contributed by atoms with Gasteiger partial charge in [0.15, 0.2) is 6.10 Å². The molecule has 0 aromatic heterocycles. The van der Waals surface area contributed by atoms with Crippen molar-refractivity contribution in [3.05, 3.63) is 59.7 Å². The minimum atomic E-state index is -0.675. The molecule has 2 aromatic carbocycles. The zero-order valence-corrected chi connectivity index (χ0v) is 15.2. The monoisotopic (exact) mass is 352 g/mol. The van der Waals surface area contributed by atoms with Crippen LogP contribution in [0.4, 0.5) is 5.69 Å². The van der Waals surface area contributed by atoms with E-state index in [1.54, 1.807) is 19.1 Å². The number of amides is 2. The van der Waals surface area contributed by atoms with Gasteiger partial charge in [0, 0.05) is 13.1 Å². The van der Waals surface area contributed by atoms with Crippen molar-refractivity contribution in [3.63, 3.8) is 0 Å². The van der Waals surface area contributed by atoms with Gasteiger partial charge in [-0.05, 0) is 50.5 Å². The van der Waals surface area contributed by atoms with Crippen molar-refractivity contribution in [1.29, 1.82) is 0 Å². The molecule has 2 amide bonds. The Balaban J connectivity index is 1.71. The Morgan fingerprint density at radius 3 is 2.42 bits per heavy atom. The maximum Gasteiger partial charge on any atom is 0.265 e. The Morgan fingerprint density at radius 2 is 1.69 bits per heavy atom.